The molecule has 1 aliphatic carbocycles. The Morgan fingerprint density at radius 2 is 2.00 bits per heavy atom. The first kappa shape index (κ1) is 15.3. The van der Waals surface area contributed by atoms with Crippen molar-refractivity contribution in [1.82, 2.24) is 0 Å². The zero-order chi connectivity index (χ0) is 15.3. The Hall–Kier alpha value is -0.630. The van der Waals surface area contributed by atoms with Gasteiger partial charge in [-0.05, 0) is 12.3 Å². The van der Waals surface area contributed by atoms with E-state index in [9.17, 15) is 8.42 Å². The lowest BCUT2D eigenvalue weighted by Crippen LogP contribution is -2.25. The maximum atomic E-state index is 12.1. The van der Waals surface area contributed by atoms with Gasteiger partial charge in [0.05, 0.1) is 19.8 Å². The van der Waals surface area contributed by atoms with Gasteiger partial charge >= 0.3 is 0 Å². The van der Waals surface area contributed by atoms with E-state index < -0.39 is 15.6 Å². The zero-order valence-corrected chi connectivity index (χ0v) is 14.1. The second-order valence-corrected chi connectivity index (χ2v) is 9.15. The van der Waals surface area contributed by atoms with E-state index in [0.717, 1.165) is 12.0 Å². The average molecular weight is 332 g/mol. The number of hydrogen-bond donors (Lipinski definition) is 0. The van der Waals surface area contributed by atoms with Crippen LogP contribution in [0.1, 0.15) is 31.4 Å². The lowest BCUT2D eigenvalue weighted by Gasteiger charge is -2.22. The smallest absolute Gasteiger partial charge is 0.197 e. The first-order valence-electron chi connectivity index (χ1n) is 7.10. The lowest BCUT2D eigenvalue weighted by molar-refractivity contribution is -0.164. The molecule has 1 aromatic rings. The standard InChI is InChI=1S/C14H20O5S2/c1-9(2)8-17-12-10-4-5-14(18-6-7-19-14)11(10)13(20-12)21(3,15)16/h9H,4-8H2,1-3H3. The van der Waals surface area contributed by atoms with E-state index in [4.69, 9.17) is 14.2 Å². The summed E-state index contributed by atoms with van der Waals surface area (Å²) in [6.45, 7) is 5.71. The molecule has 5 nitrogen and oxygen atoms in total. The molecule has 0 saturated carbocycles. The molecule has 0 N–H and O–H groups in total. The van der Waals surface area contributed by atoms with Crippen molar-refractivity contribution in [2.75, 3.05) is 26.1 Å². The van der Waals surface area contributed by atoms with Gasteiger partial charge in [0.25, 0.3) is 0 Å². The molecule has 1 aromatic heterocycles. The fourth-order valence-electron chi connectivity index (χ4n) is 2.81. The summed E-state index contributed by atoms with van der Waals surface area (Å²) in [5.74, 6) is -0.484. The maximum Gasteiger partial charge on any atom is 0.197 e. The largest absolute Gasteiger partial charge is 0.483 e. The van der Waals surface area contributed by atoms with E-state index in [2.05, 4.69) is 13.8 Å². The van der Waals surface area contributed by atoms with Crippen LogP contribution in [0.3, 0.4) is 0 Å². The summed E-state index contributed by atoms with van der Waals surface area (Å²) in [5, 5.41) is 0.704. The van der Waals surface area contributed by atoms with Crippen LogP contribution in [-0.4, -0.2) is 34.5 Å². The predicted octanol–water partition coefficient (Wildman–Crippen LogP) is 2.33. The summed E-state index contributed by atoms with van der Waals surface area (Å²) in [7, 11) is -3.33. The van der Waals surface area contributed by atoms with Crippen molar-refractivity contribution in [3.8, 4) is 5.06 Å². The van der Waals surface area contributed by atoms with Crippen molar-refractivity contribution in [3.05, 3.63) is 11.1 Å². The normalized spacial score (nSPS) is 20.4. The Morgan fingerprint density at radius 3 is 2.57 bits per heavy atom. The summed E-state index contributed by atoms with van der Waals surface area (Å²) < 4.78 is 42.0. The van der Waals surface area contributed by atoms with Crippen LogP contribution in [0.5, 0.6) is 5.06 Å². The minimum Gasteiger partial charge on any atom is -0.483 e. The van der Waals surface area contributed by atoms with Gasteiger partial charge in [-0.3, -0.25) is 0 Å². The first-order valence-corrected chi connectivity index (χ1v) is 9.81. The number of sulfone groups is 1. The molecule has 1 spiro atoms. The van der Waals surface area contributed by atoms with Crippen molar-refractivity contribution in [2.24, 2.45) is 5.92 Å². The monoisotopic (exact) mass is 332 g/mol. The average Bonchev–Trinajstić information content (AvgIpc) is 3.06. The van der Waals surface area contributed by atoms with Crippen LogP contribution >= 0.6 is 11.3 Å². The zero-order valence-electron chi connectivity index (χ0n) is 12.5. The summed E-state index contributed by atoms with van der Waals surface area (Å²) >= 11 is 1.20. The van der Waals surface area contributed by atoms with Gasteiger partial charge in [0.15, 0.2) is 20.7 Å². The lowest BCUT2D eigenvalue weighted by atomic mass is 10.1. The van der Waals surface area contributed by atoms with E-state index in [0.29, 0.717) is 47.0 Å². The highest BCUT2D eigenvalue weighted by Crippen LogP contribution is 2.53. The molecule has 1 aliphatic heterocycles. The molecule has 118 valence electrons. The number of thiophene rings is 1. The summed E-state index contributed by atoms with van der Waals surface area (Å²) in [5.41, 5.74) is 1.63. The number of hydrogen-bond acceptors (Lipinski definition) is 6. The second-order valence-electron chi connectivity index (χ2n) is 5.96. The van der Waals surface area contributed by atoms with E-state index in [1.54, 1.807) is 0 Å². The third-order valence-corrected chi connectivity index (χ3v) is 6.64. The van der Waals surface area contributed by atoms with E-state index in [1.165, 1.54) is 17.6 Å². The molecule has 21 heavy (non-hydrogen) atoms. The van der Waals surface area contributed by atoms with Crippen LogP contribution in [0.15, 0.2) is 4.21 Å². The quantitative estimate of drug-likeness (QED) is 0.847. The molecule has 0 atom stereocenters. The SMILES string of the molecule is CC(C)COc1sc(S(C)(=O)=O)c2c1CCC21OCCO1. The van der Waals surface area contributed by atoms with Crippen LogP contribution in [0, 0.1) is 5.92 Å². The highest BCUT2D eigenvalue weighted by atomic mass is 32.2. The molecule has 0 bridgehead atoms. The van der Waals surface area contributed by atoms with Gasteiger partial charge in [0.1, 0.15) is 4.21 Å². The number of fused-ring (bicyclic) bond motifs is 2. The van der Waals surface area contributed by atoms with Gasteiger partial charge in [0, 0.05) is 23.8 Å². The molecule has 0 amide bonds. The van der Waals surface area contributed by atoms with Gasteiger partial charge in [-0.1, -0.05) is 25.2 Å². The second kappa shape index (κ2) is 5.22. The molecule has 0 unspecified atom stereocenters. The van der Waals surface area contributed by atoms with Crippen molar-refractivity contribution in [3.63, 3.8) is 0 Å². The number of ether oxygens (including phenoxy) is 3. The Kier molecular flexibility index (Phi) is 3.80. The first-order chi connectivity index (χ1) is 9.83. The van der Waals surface area contributed by atoms with Gasteiger partial charge in [-0.2, -0.15) is 0 Å². The molecule has 3 rings (SSSR count). The fraction of sp³-hybridized carbons (Fsp3) is 0.714. The van der Waals surface area contributed by atoms with Crippen LogP contribution in [-0.2, 0) is 31.5 Å². The molecule has 0 radical (unpaired) electrons. The molecule has 0 aromatic carbocycles. The highest BCUT2D eigenvalue weighted by molar-refractivity contribution is 7.92. The van der Waals surface area contributed by atoms with Crippen molar-refractivity contribution >= 4 is 21.2 Å². The number of rotatable bonds is 4. The minimum absolute atomic E-state index is 0.329. The van der Waals surface area contributed by atoms with Crippen LogP contribution in [0.2, 0.25) is 0 Å². The van der Waals surface area contributed by atoms with Crippen molar-refractivity contribution < 1.29 is 22.6 Å². The third-order valence-electron chi connectivity index (χ3n) is 3.66. The fourth-order valence-corrected chi connectivity index (χ4v) is 5.30. The van der Waals surface area contributed by atoms with Crippen LogP contribution in [0.25, 0.3) is 0 Å². The van der Waals surface area contributed by atoms with Gasteiger partial charge < -0.3 is 14.2 Å². The van der Waals surface area contributed by atoms with Crippen LogP contribution < -0.4 is 4.74 Å². The Labute approximate surface area is 129 Å². The molecule has 1 saturated heterocycles. The van der Waals surface area contributed by atoms with Gasteiger partial charge in [0.2, 0.25) is 0 Å². The van der Waals surface area contributed by atoms with Crippen molar-refractivity contribution in [2.45, 2.75) is 36.7 Å². The van der Waals surface area contributed by atoms with Crippen LogP contribution in [0.4, 0.5) is 0 Å². The summed E-state index contributed by atoms with van der Waals surface area (Å²) in [4.78, 5) is 0. The van der Waals surface area contributed by atoms with Gasteiger partial charge in [-0.25, -0.2) is 8.42 Å². The molecule has 7 heteroatoms. The topological polar surface area (TPSA) is 61.8 Å². The Morgan fingerprint density at radius 1 is 1.33 bits per heavy atom. The van der Waals surface area contributed by atoms with E-state index in [-0.39, 0.29) is 0 Å². The minimum atomic E-state index is -3.33. The molecule has 2 aliphatic rings. The predicted molar refractivity (Wildman–Crippen MR) is 79.7 cm³/mol. The summed E-state index contributed by atoms with van der Waals surface area (Å²) in [6.07, 6.45) is 2.62. The maximum absolute atomic E-state index is 12.1. The summed E-state index contributed by atoms with van der Waals surface area (Å²) in [6, 6.07) is 0. The van der Waals surface area contributed by atoms with Gasteiger partial charge in [-0.15, -0.1) is 0 Å². The highest BCUT2D eigenvalue weighted by Gasteiger charge is 2.50. The molecule has 2 heterocycles. The molecular formula is C14H20O5S2. The molecule has 1 fully saturated rings. The Bertz CT molecular complexity index is 639. The van der Waals surface area contributed by atoms with E-state index in [1.807, 2.05) is 0 Å². The Balaban J connectivity index is 2.07. The van der Waals surface area contributed by atoms with E-state index >= 15 is 0 Å². The third kappa shape index (κ3) is 2.60. The molecular weight excluding hydrogens is 312 g/mol. The van der Waals surface area contributed by atoms with Crippen molar-refractivity contribution in [1.29, 1.82) is 0 Å².